The Hall–Kier alpha value is -2.55. The van der Waals surface area contributed by atoms with Gasteiger partial charge >= 0.3 is 0 Å². The lowest BCUT2D eigenvalue weighted by Gasteiger charge is -2.00. The van der Waals surface area contributed by atoms with Gasteiger partial charge in [0, 0.05) is 10.9 Å². The van der Waals surface area contributed by atoms with Crippen molar-refractivity contribution in [3.8, 4) is 17.1 Å². The van der Waals surface area contributed by atoms with E-state index in [9.17, 15) is 4.79 Å². The van der Waals surface area contributed by atoms with Crippen molar-refractivity contribution in [2.45, 2.75) is 6.92 Å². The number of hydrogen-bond acceptors (Lipinski definition) is 3. The highest BCUT2D eigenvalue weighted by molar-refractivity contribution is 6.11. The second-order valence-corrected chi connectivity index (χ2v) is 4.59. The first kappa shape index (κ1) is 12.5. The van der Waals surface area contributed by atoms with Crippen LogP contribution in [0.4, 0.5) is 0 Å². The number of benzene rings is 2. The Morgan fingerprint density at radius 3 is 2.50 bits per heavy atom. The van der Waals surface area contributed by atoms with Gasteiger partial charge in [0.05, 0.1) is 12.7 Å². The Kier molecular flexibility index (Phi) is 3.03. The van der Waals surface area contributed by atoms with Crippen LogP contribution >= 0.6 is 0 Å². The third-order valence-corrected chi connectivity index (χ3v) is 3.28. The Morgan fingerprint density at radius 2 is 1.85 bits per heavy atom. The number of fused-ring (bicyclic) bond motifs is 1. The van der Waals surface area contributed by atoms with Gasteiger partial charge in [-0.2, -0.15) is 0 Å². The fraction of sp³-hybridized carbons (Fsp3) is 0.118. The predicted octanol–water partition coefficient (Wildman–Crippen LogP) is 4.31. The van der Waals surface area contributed by atoms with Crippen molar-refractivity contribution in [1.29, 1.82) is 0 Å². The van der Waals surface area contributed by atoms with E-state index in [2.05, 4.69) is 0 Å². The molecule has 0 N–H and O–H groups in total. The molecule has 1 heterocycles. The van der Waals surface area contributed by atoms with E-state index in [0.717, 1.165) is 10.9 Å². The third kappa shape index (κ3) is 1.97. The standard InChI is InChI=1S/C17H14O3/c1-11(18)16-14-10-13(19-2)8-9-15(14)20-17(16)12-6-4-3-5-7-12/h3-10H,1-2H3. The fourth-order valence-corrected chi connectivity index (χ4v) is 2.35. The lowest BCUT2D eigenvalue weighted by molar-refractivity contribution is 0.101. The maximum Gasteiger partial charge on any atom is 0.164 e. The summed E-state index contributed by atoms with van der Waals surface area (Å²) < 4.78 is 11.1. The number of Topliss-reactive ketones (excluding diaryl/α,β-unsaturated/α-hetero) is 1. The normalized spacial score (nSPS) is 10.7. The smallest absolute Gasteiger partial charge is 0.164 e. The largest absolute Gasteiger partial charge is 0.497 e. The van der Waals surface area contributed by atoms with Crippen LogP contribution in [0.2, 0.25) is 0 Å². The highest BCUT2D eigenvalue weighted by atomic mass is 16.5. The van der Waals surface area contributed by atoms with Crippen molar-refractivity contribution < 1.29 is 13.9 Å². The first-order chi connectivity index (χ1) is 9.70. The Morgan fingerprint density at radius 1 is 1.10 bits per heavy atom. The molecular weight excluding hydrogens is 252 g/mol. The van der Waals surface area contributed by atoms with Crippen LogP contribution in [0.5, 0.6) is 5.75 Å². The van der Waals surface area contributed by atoms with Crippen LogP contribution in [0.1, 0.15) is 17.3 Å². The SMILES string of the molecule is COc1ccc2oc(-c3ccccc3)c(C(C)=O)c2c1. The highest BCUT2D eigenvalue weighted by Crippen LogP contribution is 2.35. The average molecular weight is 266 g/mol. The topological polar surface area (TPSA) is 39.4 Å². The van der Waals surface area contributed by atoms with Crippen LogP contribution in [0.3, 0.4) is 0 Å². The summed E-state index contributed by atoms with van der Waals surface area (Å²) in [6.45, 7) is 1.55. The zero-order chi connectivity index (χ0) is 14.1. The van der Waals surface area contributed by atoms with Crippen LogP contribution in [0, 0.1) is 0 Å². The van der Waals surface area contributed by atoms with Gasteiger partial charge in [-0.3, -0.25) is 4.79 Å². The molecule has 0 bridgehead atoms. The molecule has 0 aliphatic rings. The van der Waals surface area contributed by atoms with Gasteiger partial charge in [-0.1, -0.05) is 30.3 Å². The zero-order valence-electron chi connectivity index (χ0n) is 11.3. The maximum atomic E-state index is 12.0. The minimum absolute atomic E-state index is 0.0177. The van der Waals surface area contributed by atoms with Crippen molar-refractivity contribution >= 4 is 16.8 Å². The molecule has 100 valence electrons. The van der Waals surface area contributed by atoms with Crippen LogP contribution in [0.25, 0.3) is 22.3 Å². The summed E-state index contributed by atoms with van der Waals surface area (Å²) in [5.74, 6) is 1.30. The van der Waals surface area contributed by atoms with E-state index >= 15 is 0 Å². The van der Waals surface area contributed by atoms with Gasteiger partial charge in [-0.05, 0) is 25.1 Å². The maximum absolute atomic E-state index is 12.0. The molecule has 0 unspecified atom stereocenters. The minimum Gasteiger partial charge on any atom is -0.497 e. The number of ether oxygens (including phenoxy) is 1. The van der Waals surface area contributed by atoms with Crippen molar-refractivity contribution in [3.05, 3.63) is 54.1 Å². The molecule has 0 radical (unpaired) electrons. The quantitative estimate of drug-likeness (QED) is 0.663. The summed E-state index contributed by atoms with van der Waals surface area (Å²) in [4.78, 5) is 12.0. The van der Waals surface area contributed by atoms with Gasteiger partial charge in [0.1, 0.15) is 17.1 Å². The van der Waals surface area contributed by atoms with Crippen molar-refractivity contribution in [2.24, 2.45) is 0 Å². The molecule has 1 aromatic heterocycles. The van der Waals surface area contributed by atoms with E-state index < -0.39 is 0 Å². The van der Waals surface area contributed by atoms with Crippen molar-refractivity contribution in [2.75, 3.05) is 7.11 Å². The van der Waals surface area contributed by atoms with E-state index in [1.165, 1.54) is 0 Å². The Bertz CT molecular complexity index is 770. The highest BCUT2D eigenvalue weighted by Gasteiger charge is 2.19. The third-order valence-electron chi connectivity index (χ3n) is 3.28. The molecular formula is C17H14O3. The first-order valence-electron chi connectivity index (χ1n) is 6.37. The van der Waals surface area contributed by atoms with E-state index in [4.69, 9.17) is 9.15 Å². The molecule has 2 aromatic carbocycles. The number of carbonyl (C=O) groups is 1. The van der Waals surface area contributed by atoms with Gasteiger partial charge in [0.2, 0.25) is 0 Å². The summed E-state index contributed by atoms with van der Waals surface area (Å²) in [7, 11) is 1.60. The first-order valence-corrected chi connectivity index (χ1v) is 6.37. The molecule has 3 nitrogen and oxygen atoms in total. The number of carbonyl (C=O) groups excluding carboxylic acids is 1. The Balaban J connectivity index is 2.32. The Labute approximate surface area is 116 Å². The summed E-state index contributed by atoms with van der Waals surface area (Å²) in [6, 6.07) is 15.1. The fourth-order valence-electron chi connectivity index (χ4n) is 2.35. The van der Waals surface area contributed by atoms with Crippen LogP contribution < -0.4 is 4.74 Å². The molecule has 0 saturated carbocycles. The summed E-state index contributed by atoms with van der Waals surface area (Å²) in [5, 5.41) is 0.788. The lowest BCUT2D eigenvalue weighted by Crippen LogP contribution is -1.93. The molecule has 0 aliphatic carbocycles. The molecule has 0 amide bonds. The monoisotopic (exact) mass is 266 g/mol. The number of hydrogen-bond donors (Lipinski definition) is 0. The van der Waals surface area contributed by atoms with Gasteiger partial charge < -0.3 is 9.15 Å². The van der Waals surface area contributed by atoms with Gasteiger partial charge in [0.15, 0.2) is 5.78 Å². The molecule has 0 saturated heterocycles. The second kappa shape index (κ2) is 4.85. The molecule has 3 rings (SSSR count). The summed E-state index contributed by atoms with van der Waals surface area (Å²) in [5.41, 5.74) is 2.19. The van der Waals surface area contributed by atoms with Crippen LogP contribution in [-0.4, -0.2) is 12.9 Å². The average Bonchev–Trinajstić information content (AvgIpc) is 2.86. The van der Waals surface area contributed by atoms with Crippen LogP contribution in [-0.2, 0) is 0 Å². The predicted molar refractivity (Wildman–Crippen MR) is 78.2 cm³/mol. The molecule has 0 aliphatic heterocycles. The minimum atomic E-state index is -0.0177. The summed E-state index contributed by atoms with van der Waals surface area (Å²) in [6.07, 6.45) is 0. The molecule has 20 heavy (non-hydrogen) atoms. The van der Waals surface area contributed by atoms with Gasteiger partial charge in [0.25, 0.3) is 0 Å². The molecule has 0 fully saturated rings. The van der Waals surface area contributed by atoms with Gasteiger partial charge in [-0.15, -0.1) is 0 Å². The van der Waals surface area contributed by atoms with Crippen molar-refractivity contribution in [1.82, 2.24) is 0 Å². The number of furan rings is 1. The van der Waals surface area contributed by atoms with E-state index in [0.29, 0.717) is 22.7 Å². The lowest BCUT2D eigenvalue weighted by atomic mass is 10.0. The van der Waals surface area contributed by atoms with Crippen LogP contribution in [0.15, 0.2) is 52.9 Å². The number of ketones is 1. The number of methoxy groups -OCH3 is 1. The van der Waals surface area contributed by atoms with Crippen molar-refractivity contribution in [3.63, 3.8) is 0 Å². The van der Waals surface area contributed by atoms with E-state index in [-0.39, 0.29) is 5.78 Å². The molecule has 0 spiro atoms. The summed E-state index contributed by atoms with van der Waals surface area (Å²) >= 11 is 0. The van der Waals surface area contributed by atoms with E-state index in [1.54, 1.807) is 14.0 Å². The number of rotatable bonds is 3. The second-order valence-electron chi connectivity index (χ2n) is 4.59. The molecule has 3 aromatic rings. The molecule has 3 heteroatoms. The zero-order valence-corrected chi connectivity index (χ0v) is 11.3. The molecule has 0 atom stereocenters. The van der Waals surface area contributed by atoms with E-state index in [1.807, 2.05) is 48.5 Å². The van der Waals surface area contributed by atoms with Gasteiger partial charge in [-0.25, -0.2) is 0 Å².